The fourth-order valence-electron chi connectivity index (χ4n) is 2.59. The molecule has 0 radical (unpaired) electrons. The Kier molecular flexibility index (Phi) is 3.38. The van der Waals surface area contributed by atoms with Crippen molar-refractivity contribution >= 4 is 10.9 Å². The van der Waals surface area contributed by atoms with Gasteiger partial charge in [0.1, 0.15) is 11.5 Å². The fourth-order valence-corrected chi connectivity index (χ4v) is 2.59. The molecular formula is C19H19NO. The predicted octanol–water partition coefficient (Wildman–Crippen LogP) is 5.26. The van der Waals surface area contributed by atoms with Gasteiger partial charge >= 0.3 is 0 Å². The highest BCUT2D eigenvalue weighted by atomic mass is 16.5. The fraction of sp³-hybridized carbons (Fsp3) is 0.211. The number of pyridine rings is 1. The number of fused-ring (bicyclic) bond motifs is 1. The highest BCUT2D eigenvalue weighted by Crippen LogP contribution is 2.32. The second kappa shape index (κ2) is 5.21. The molecule has 0 unspecified atom stereocenters. The molecule has 1 heterocycles. The van der Waals surface area contributed by atoms with E-state index in [1.165, 1.54) is 16.7 Å². The maximum atomic E-state index is 6.10. The Balaban J connectivity index is 2.15. The molecule has 3 rings (SSSR count). The van der Waals surface area contributed by atoms with Gasteiger partial charge in [-0.3, -0.25) is 4.98 Å². The largest absolute Gasteiger partial charge is 0.457 e. The minimum absolute atomic E-state index is 0.853. The van der Waals surface area contributed by atoms with Crippen molar-refractivity contribution in [2.24, 2.45) is 0 Å². The molecule has 0 fully saturated rings. The summed E-state index contributed by atoms with van der Waals surface area (Å²) in [7, 11) is 0. The lowest BCUT2D eigenvalue weighted by Crippen LogP contribution is -1.93. The minimum atomic E-state index is 0.853. The third-order valence-electron chi connectivity index (χ3n) is 3.59. The zero-order chi connectivity index (χ0) is 15.0. The monoisotopic (exact) mass is 277 g/mol. The smallest absolute Gasteiger partial charge is 0.138 e. The molecule has 1 aromatic heterocycles. The molecule has 0 atom stereocenters. The van der Waals surface area contributed by atoms with E-state index in [0.29, 0.717) is 0 Å². The van der Waals surface area contributed by atoms with E-state index >= 15 is 0 Å². The molecule has 2 heteroatoms. The van der Waals surface area contributed by atoms with Crippen molar-refractivity contribution in [1.82, 2.24) is 4.98 Å². The van der Waals surface area contributed by atoms with Gasteiger partial charge in [-0.05, 0) is 57.0 Å². The third kappa shape index (κ3) is 2.75. The first-order valence-electron chi connectivity index (χ1n) is 7.16. The Bertz CT molecular complexity index is 804. The highest BCUT2D eigenvalue weighted by Gasteiger charge is 2.09. The number of benzene rings is 2. The van der Waals surface area contributed by atoms with Gasteiger partial charge in [-0.2, -0.15) is 0 Å². The average Bonchev–Trinajstić information content (AvgIpc) is 2.43. The van der Waals surface area contributed by atoms with Crippen molar-refractivity contribution in [3.05, 3.63) is 64.8 Å². The van der Waals surface area contributed by atoms with E-state index in [9.17, 15) is 0 Å². The molecule has 0 spiro atoms. The van der Waals surface area contributed by atoms with Crippen LogP contribution in [0, 0.1) is 27.7 Å². The van der Waals surface area contributed by atoms with Crippen LogP contribution in [0.1, 0.15) is 22.4 Å². The molecule has 0 saturated carbocycles. The molecule has 0 saturated heterocycles. The van der Waals surface area contributed by atoms with Crippen LogP contribution in [0.15, 0.2) is 42.5 Å². The normalized spacial score (nSPS) is 10.9. The van der Waals surface area contributed by atoms with Crippen molar-refractivity contribution < 1.29 is 4.74 Å². The Morgan fingerprint density at radius 3 is 2.24 bits per heavy atom. The highest BCUT2D eigenvalue weighted by molar-refractivity contribution is 5.88. The quantitative estimate of drug-likeness (QED) is 0.637. The van der Waals surface area contributed by atoms with E-state index in [1.54, 1.807) is 0 Å². The number of rotatable bonds is 2. The summed E-state index contributed by atoms with van der Waals surface area (Å²) >= 11 is 0. The van der Waals surface area contributed by atoms with E-state index < -0.39 is 0 Å². The molecule has 0 amide bonds. The van der Waals surface area contributed by atoms with Gasteiger partial charge < -0.3 is 4.74 Å². The van der Waals surface area contributed by atoms with Crippen LogP contribution in [0.3, 0.4) is 0 Å². The van der Waals surface area contributed by atoms with Crippen LogP contribution in [0.5, 0.6) is 11.5 Å². The zero-order valence-electron chi connectivity index (χ0n) is 12.9. The van der Waals surface area contributed by atoms with Crippen LogP contribution < -0.4 is 4.74 Å². The number of hydrogen-bond donors (Lipinski definition) is 0. The summed E-state index contributed by atoms with van der Waals surface area (Å²) in [5, 5.41) is 1.07. The molecule has 0 aliphatic heterocycles. The summed E-state index contributed by atoms with van der Waals surface area (Å²) in [4.78, 5) is 4.65. The lowest BCUT2D eigenvalue weighted by molar-refractivity contribution is 0.487. The van der Waals surface area contributed by atoms with Crippen LogP contribution in [-0.2, 0) is 0 Å². The summed E-state index contributed by atoms with van der Waals surface area (Å²) in [5.41, 5.74) is 5.62. The average molecular weight is 277 g/mol. The summed E-state index contributed by atoms with van der Waals surface area (Å²) in [6.45, 7) is 8.27. The van der Waals surface area contributed by atoms with Crippen LogP contribution >= 0.6 is 0 Å². The van der Waals surface area contributed by atoms with Gasteiger partial charge in [0, 0.05) is 17.1 Å². The van der Waals surface area contributed by atoms with Crippen LogP contribution in [0.4, 0.5) is 0 Å². The summed E-state index contributed by atoms with van der Waals surface area (Å²) in [6, 6.07) is 14.4. The first-order chi connectivity index (χ1) is 10.0. The van der Waals surface area contributed by atoms with Gasteiger partial charge in [0.25, 0.3) is 0 Å². The van der Waals surface area contributed by atoms with Gasteiger partial charge in [0.2, 0.25) is 0 Å². The molecule has 0 aliphatic carbocycles. The van der Waals surface area contributed by atoms with E-state index in [0.717, 1.165) is 28.1 Å². The molecule has 0 bridgehead atoms. The van der Waals surface area contributed by atoms with Gasteiger partial charge in [0.15, 0.2) is 0 Å². The first kappa shape index (κ1) is 13.6. The van der Waals surface area contributed by atoms with Crippen molar-refractivity contribution in [3.8, 4) is 11.5 Å². The third-order valence-corrected chi connectivity index (χ3v) is 3.59. The Morgan fingerprint density at radius 1 is 0.810 bits per heavy atom. The maximum Gasteiger partial charge on any atom is 0.138 e. The molecule has 21 heavy (non-hydrogen) atoms. The molecule has 2 aromatic carbocycles. The summed E-state index contributed by atoms with van der Waals surface area (Å²) in [5.74, 6) is 1.72. The number of nitrogens with zero attached hydrogens (tertiary/aromatic N) is 1. The summed E-state index contributed by atoms with van der Waals surface area (Å²) in [6.07, 6.45) is 0. The van der Waals surface area contributed by atoms with Gasteiger partial charge in [-0.1, -0.05) is 23.8 Å². The van der Waals surface area contributed by atoms with E-state index in [4.69, 9.17) is 4.74 Å². The lowest BCUT2D eigenvalue weighted by Gasteiger charge is -2.12. The first-order valence-corrected chi connectivity index (χ1v) is 7.16. The van der Waals surface area contributed by atoms with Gasteiger partial charge in [-0.15, -0.1) is 0 Å². The second-order valence-corrected chi connectivity index (χ2v) is 5.65. The summed E-state index contributed by atoms with van der Waals surface area (Å²) < 4.78 is 6.10. The SMILES string of the molecule is Cc1ccc(Oc2cc(C)nc3c(C)cc(C)cc23)cc1. The van der Waals surface area contributed by atoms with E-state index in [1.807, 2.05) is 25.1 Å². The molecule has 3 aromatic rings. The molecular weight excluding hydrogens is 258 g/mol. The van der Waals surface area contributed by atoms with Gasteiger partial charge in [-0.25, -0.2) is 0 Å². The number of hydrogen-bond acceptors (Lipinski definition) is 2. The zero-order valence-corrected chi connectivity index (χ0v) is 12.9. The van der Waals surface area contributed by atoms with Crippen molar-refractivity contribution in [3.63, 3.8) is 0 Å². The standard InChI is InChI=1S/C19H19NO/c1-12-5-7-16(8-6-12)21-18-11-15(4)20-19-14(3)9-13(2)10-17(18)19/h5-11H,1-4H3. The molecule has 0 N–H and O–H groups in total. The lowest BCUT2D eigenvalue weighted by atomic mass is 10.1. The minimum Gasteiger partial charge on any atom is -0.457 e. The number of aryl methyl sites for hydroxylation is 4. The Hall–Kier alpha value is -2.35. The van der Waals surface area contributed by atoms with Crippen LogP contribution in [0.25, 0.3) is 10.9 Å². The Labute approximate surface area is 125 Å². The van der Waals surface area contributed by atoms with Crippen molar-refractivity contribution in [2.75, 3.05) is 0 Å². The second-order valence-electron chi connectivity index (χ2n) is 5.65. The number of ether oxygens (including phenoxy) is 1. The molecule has 106 valence electrons. The van der Waals surface area contributed by atoms with Crippen molar-refractivity contribution in [2.45, 2.75) is 27.7 Å². The molecule has 2 nitrogen and oxygen atoms in total. The predicted molar refractivity (Wildman–Crippen MR) is 87.2 cm³/mol. The van der Waals surface area contributed by atoms with Gasteiger partial charge in [0.05, 0.1) is 5.52 Å². The number of aromatic nitrogens is 1. The Morgan fingerprint density at radius 2 is 1.52 bits per heavy atom. The van der Waals surface area contributed by atoms with E-state index in [2.05, 4.69) is 50.0 Å². The van der Waals surface area contributed by atoms with Crippen LogP contribution in [-0.4, -0.2) is 4.98 Å². The van der Waals surface area contributed by atoms with Crippen LogP contribution in [0.2, 0.25) is 0 Å². The topological polar surface area (TPSA) is 22.1 Å². The maximum absolute atomic E-state index is 6.10. The van der Waals surface area contributed by atoms with E-state index in [-0.39, 0.29) is 0 Å². The molecule has 0 aliphatic rings. The van der Waals surface area contributed by atoms with Crippen molar-refractivity contribution in [1.29, 1.82) is 0 Å².